The van der Waals surface area contributed by atoms with E-state index in [0.717, 1.165) is 11.4 Å². The normalized spacial score (nSPS) is 10.4. The number of nitrogens with one attached hydrogen (secondary N) is 1. The molecule has 0 aliphatic heterocycles. The Morgan fingerprint density at radius 3 is 3.17 bits per heavy atom. The fraction of sp³-hybridized carbons (Fsp3) is 0.222. The van der Waals surface area contributed by atoms with Gasteiger partial charge in [-0.05, 0) is 18.4 Å². The summed E-state index contributed by atoms with van der Waals surface area (Å²) >= 11 is 1.46. The van der Waals surface area contributed by atoms with Gasteiger partial charge < -0.3 is 5.32 Å². The topological polar surface area (TPSA) is 29.1 Å². The molecule has 1 rings (SSSR count). The highest BCUT2D eigenvalue weighted by Gasteiger charge is 2.00. The van der Waals surface area contributed by atoms with E-state index < -0.39 is 0 Å². The maximum atomic E-state index is 11.3. The molecule has 12 heavy (non-hydrogen) atoms. The lowest BCUT2D eigenvalue weighted by atomic mass is 10.3. The first-order valence-electron chi connectivity index (χ1n) is 3.82. The van der Waals surface area contributed by atoms with E-state index in [9.17, 15) is 4.79 Å². The number of rotatable bonds is 4. The van der Waals surface area contributed by atoms with E-state index in [1.807, 2.05) is 24.4 Å². The van der Waals surface area contributed by atoms with Gasteiger partial charge in [-0.25, -0.2) is 0 Å². The number of carbonyl (C=O) groups excluding carboxylic acids is 1. The van der Waals surface area contributed by atoms with Crippen molar-refractivity contribution < 1.29 is 4.79 Å². The van der Waals surface area contributed by atoms with Crippen molar-refractivity contribution in [3.8, 4) is 0 Å². The van der Waals surface area contributed by atoms with Crippen molar-refractivity contribution in [2.24, 2.45) is 0 Å². The van der Waals surface area contributed by atoms with Crippen LogP contribution < -0.4 is 5.32 Å². The van der Waals surface area contributed by atoms with Crippen molar-refractivity contribution in [2.75, 3.05) is 6.54 Å². The van der Waals surface area contributed by atoms with E-state index >= 15 is 0 Å². The van der Waals surface area contributed by atoms with Gasteiger partial charge in [0.2, 0.25) is 0 Å². The molecule has 1 heterocycles. The average Bonchev–Trinajstić information content (AvgIpc) is 2.56. The van der Waals surface area contributed by atoms with Crippen LogP contribution in [0.4, 0.5) is 0 Å². The highest BCUT2D eigenvalue weighted by Crippen LogP contribution is 2.09. The molecule has 3 heteroatoms. The fourth-order valence-electron chi connectivity index (χ4n) is 0.753. The van der Waals surface area contributed by atoms with Crippen LogP contribution in [0.1, 0.15) is 16.6 Å². The lowest BCUT2D eigenvalue weighted by Gasteiger charge is -1.90. The molecule has 0 amide bonds. The van der Waals surface area contributed by atoms with E-state index in [-0.39, 0.29) is 5.78 Å². The third kappa shape index (κ3) is 2.51. The number of thiophene rings is 1. The van der Waals surface area contributed by atoms with E-state index in [2.05, 4.69) is 5.32 Å². The molecule has 0 aliphatic carbocycles. The van der Waals surface area contributed by atoms with Gasteiger partial charge in [0, 0.05) is 18.8 Å². The molecule has 0 unspecified atom stereocenters. The Morgan fingerprint density at radius 2 is 2.58 bits per heavy atom. The van der Waals surface area contributed by atoms with Gasteiger partial charge in [0.15, 0.2) is 5.78 Å². The maximum absolute atomic E-state index is 11.3. The van der Waals surface area contributed by atoms with E-state index in [1.54, 1.807) is 12.3 Å². The van der Waals surface area contributed by atoms with Crippen molar-refractivity contribution in [1.82, 2.24) is 5.32 Å². The summed E-state index contributed by atoms with van der Waals surface area (Å²) in [7, 11) is 0. The summed E-state index contributed by atoms with van der Waals surface area (Å²) in [6.07, 6.45) is 3.23. The summed E-state index contributed by atoms with van der Waals surface area (Å²) in [6.45, 7) is 2.83. The van der Waals surface area contributed by atoms with Gasteiger partial charge in [0.1, 0.15) is 0 Å². The van der Waals surface area contributed by atoms with Gasteiger partial charge >= 0.3 is 0 Å². The molecule has 0 radical (unpaired) electrons. The van der Waals surface area contributed by atoms with Crippen LogP contribution in [0, 0.1) is 0 Å². The minimum absolute atomic E-state index is 0.0611. The van der Waals surface area contributed by atoms with Crippen molar-refractivity contribution in [3.05, 3.63) is 34.7 Å². The van der Waals surface area contributed by atoms with E-state index in [1.165, 1.54) is 11.3 Å². The fourth-order valence-corrected chi connectivity index (χ4v) is 1.40. The highest BCUT2D eigenvalue weighted by molar-refractivity contribution is 7.12. The van der Waals surface area contributed by atoms with Crippen molar-refractivity contribution in [3.63, 3.8) is 0 Å². The van der Waals surface area contributed by atoms with Gasteiger partial charge in [0.05, 0.1) is 4.88 Å². The third-order valence-electron chi connectivity index (χ3n) is 1.32. The molecule has 1 aromatic heterocycles. The van der Waals surface area contributed by atoms with Gasteiger partial charge in [-0.3, -0.25) is 4.79 Å². The number of hydrogen-bond acceptors (Lipinski definition) is 3. The van der Waals surface area contributed by atoms with Gasteiger partial charge in [-0.15, -0.1) is 11.3 Å². The second-order valence-electron chi connectivity index (χ2n) is 2.23. The van der Waals surface area contributed by atoms with Crippen LogP contribution in [0.2, 0.25) is 0 Å². The molecule has 1 N–H and O–H groups in total. The number of hydrogen-bond donors (Lipinski definition) is 1. The van der Waals surface area contributed by atoms with Crippen LogP contribution in [0.25, 0.3) is 0 Å². The SMILES string of the molecule is CCNC=CC(=O)c1cccs1. The molecular weight excluding hydrogens is 170 g/mol. The second-order valence-corrected chi connectivity index (χ2v) is 3.18. The van der Waals surface area contributed by atoms with Gasteiger partial charge in [-0.1, -0.05) is 6.07 Å². The van der Waals surface area contributed by atoms with Crippen molar-refractivity contribution in [1.29, 1.82) is 0 Å². The molecule has 0 aromatic carbocycles. The molecule has 1 aromatic rings. The molecule has 2 nitrogen and oxygen atoms in total. The highest BCUT2D eigenvalue weighted by atomic mass is 32.1. The average molecular weight is 181 g/mol. The Labute approximate surface area is 75.9 Å². The predicted molar refractivity (Wildman–Crippen MR) is 51.5 cm³/mol. The Hall–Kier alpha value is -1.09. The van der Waals surface area contributed by atoms with Crippen LogP contribution in [-0.4, -0.2) is 12.3 Å². The Balaban J connectivity index is 2.50. The molecule has 0 bridgehead atoms. The second kappa shape index (κ2) is 4.72. The van der Waals surface area contributed by atoms with Crippen LogP contribution in [-0.2, 0) is 0 Å². The predicted octanol–water partition coefficient (Wildman–Crippen LogP) is 2.05. The zero-order chi connectivity index (χ0) is 8.81. The minimum atomic E-state index is 0.0611. The summed E-state index contributed by atoms with van der Waals surface area (Å²) in [5.41, 5.74) is 0. The molecule has 0 saturated carbocycles. The third-order valence-corrected chi connectivity index (χ3v) is 2.21. The smallest absolute Gasteiger partial charge is 0.197 e. The lowest BCUT2D eigenvalue weighted by Crippen LogP contribution is -2.03. The monoisotopic (exact) mass is 181 g/mol. The Bertz CT molecular complexity index is 264. The summed E-state index contributed by atoms with van der Waals surface area (Å²) in [5, 5.41) is 4.84. The molecule has 0 spiro atoms. The molecule has 0 saturated heterocycles. The first kappa shape index (κ1) is 9.00. The Morgan fingerprint density at radius 1 is 1.75 bits per heavy atom. The van der Waals surface area contributed by atoms with Crippen LogP contribution in [0.5, 0.6) is 0 Å². The molecule has 64 valence electrons. The van der Waals surface area contributed by atoms with Crippen LogP contribution in [0.3, 0.4) is 0 Å². The number of carbonyl (C=O) groups is 1. The van der Waals surface area contributed by atoms with Crippen molar-refractivity contribution in [2.45, 2.75) is 6.92 Å². The zero-order valence-corrected chi connectivity index (χ0v) is 7.73. The summed E-state index contributed by atoms with van der Waals surface area (Å²) in [6, 6.07) is 3.70. The lowest BCUT2D eigenvalue weighted by molar-refractivity contribution is 0.105. The summed E-state index contributed by atoms with van der Waals surface area (Å²) < 4.78 is 0. The zero-order valence-electron chi connectivity index (χ0n) is 6.91. The van der Waals surface area contributed by atoms with Gasteiger partial charge in [0.25, 0.3) is 0 Å². The van der Waals surface area contributed by atoms with Crippen LogP contribution >= 0.6 is 11.3 Å². The molecule has 0 aliphatic rings. The van der Waals surface area contributed by atoms with E-state index in [4.69, 9.17) is 0 Å². The first-order chi connectivity index (χ1) is 5.84. The standard InChI is InChI=1S/C9H11NOS/c1-2-10-6-5-8(11)9-4-3-7-12-9/h3-7,10H,2H2,1H3. The van der Waals surface area contributed by atoms with Crippen LogP contribution in [0.15, 0.2) is 29.8 Å². The molecule has 0 atom stereocenters. The van der Waals surface area contributed by atoms with Crippen molar-refractivity contribution >= 4 is 17.1 Å². The first-order valence-corrected chi connectivity index (χ1v) is 4.70. The minimum Gasteiger partial charge on any atom is -0.391 e. The quantitative estimate of drug-likeness (QED) is 0.569. The number of allylic oxidation sites excluding steroid dienone is 1. The maximum Gasteiger partial charge on any atom is 0.197 e. The summed E-state index contributed by atoms with van der Waals surface area (Å²) in [5.74, 6) is 0.0611. The van der Waals surface area contributed by atoms with Gasteiger partial charge in [-0.2, -0.15) is 0 Å². The molecule has 0 fully saturated rings. The molecular formula is C9H11NOS. The summed E-state index contributed by atoms with van der Waals surface area (Å²) in [4.78, 5) is 12.0. The largest absolute Gasteiger partial charge is 0.391 e. The number of ketones is 1. The van der Waals surface area contributed by atoms with E-state index in [0.29, 0.717) is 0 Å². The Kier molecular flexibility index (Phi) is 3.54.